The van der Waals surface area contributed by atoms with Gasteiger partial charge >= 0.3 is 5.69 Å². The molecule has 0 radical (unpaired) electrons. The largest absolute Gasteiger partial charge is 0.389 e. The number of hydrogen-bond donors (Lipinski definition) is 7. The van der Waals surface area contributed by atoms with Gasteiger partial charge in [-0.05, 0) is 6.92 Å². The molecule has 108 valence electrons. The van der Waals surface area contributed by atoms with Crippen LogP contribution < -0.4 is 22.3 Å². The molecular weight excluding hydrogens is 266 g/mol. The molecule has 4 atom stereocenters. The first kappa shape index (κ1) is 13.1. The highest BCUT2D eigenvalue weighted by molar-refractivity contribution is 5.79. The zero-order valence-corrected chi connectivity index (χ0v) is 10.6. The molecule has 0 bridgehead atoms. The number of rotatable bonds is 1. The van der Waals surface area contributed by atoms with E-state index in [2.05, 4.69) is 20.3 Å². The SMILES string of the molecule is C[C@H]1N[C@@](N)(c2c[nH]c3c(=O)[nH]c(=O)[nH]c23)[C@H](O)[C@@H]1O. The fourth-order valence-corrected chi connectivity index (χ4v) is 2.70. The van der Waals surface area contributed by atoms with Gasteiger partial charge in [-0.1, -0.05) is 0 Å². The molecule has 1 aliphatic rings. The van der Waals surface area contributed by atoms with Gasteiger partial charge in [0.2, 0.25) is 0 Å². The summed E-state index contributed by atoms with van der Waals surface area (Å²) >= 11 is 0. The minimum absolute atomic E-state index is 0.146. The molecule has 0 spiro atoms. The van der Waals surface area contributed by atoms with Gasteiger partial charge in [0.1, 0.15) is 17.3 Å². The molecule has 0 saturated carbocycles. The summed E-state index contributed by atoms with van der Waals surface area (Å²) in [6.45, 7) is 1.67. The van der Waals surface area contributed by atoms with Crippen LogP contribution in [0.4, 0.5) is 0 Å². The van der Waals surface area contributed by atoms with E-state index >= 15 is 0 Å². The van der Waals surface area contributed by atoms with Crippen molar-refractivity contribution in [2.24, 2.45) is 5.73 Å². The number of aromatic nitrogens is 3. The Labute approximate surface area is 111 Å². The number of hydrogen-bond acceptors (Lipinski definition) is 6. The molecular formula is C11H15N5O4. The van der Waals surface area contributed by atoms with Crippen molar-refractivity contribution in [1.29, 1.82) is 0 Å². The number of nitrogens with one attached hydrogen (secondary N) is 4. The van der Waals surface area contributed by atoms with Crippen LogP contribution in [0.3, 0.4) is 0 Å². The molecule has 0 amide bonds. The average Bonchev–Trinajstić information content (AvgIpc) is 2.87. The lowest BCUT2D eigenvalue weighted by atomic mass is 9.96. The molecule has 2 aromatic rings. The van der Waals surface area contributed by atoms with E-state index in [9.17, 15) is 19.8 Å². The fourth-order valence-electron chi connectivity index (χ4n) is 2.70. The smallest absolute Gasteiger partial charge is 0.326 e. The lowest BCUT2D eigenvalue weighted by Gasteiger charge is -2.28. The standard InChI is InChI=1S/C11H15N5O4/c1-3-7(17)8(18)11(12,16-3)4-2-13-6-5(4)14-10(20)15-9(6)19/h2-3,7-8,13,16-18H,12H2,1H3,(H2,14,15,19,20)/t3-,7-,8-,11+/m1/s1. The van der Waals surface area contributed by atoms with Gasteiger partial charge in [0.15, 0.2) is 0 Å². The van der Waals surface area contributed by atoms with Crippen LogP contribution in [-0.2, 0) is 5.66 Å². The van der Waals surface area contributed by atoms with Gasteiger partial charge in [-0.15, -0.1) is 0 Å². The van der Waals surface area contributed by atoms with Gasteiger partial charge in [-0.3, -0.25) is 15.1 Å². The quantitative estimate of drug-likeness (QED) is 0.302. The maximum atomic E-state index is 11.7. The minimum Gasteiger partial charge on any atom is -0.389 e. The number of nitrogens with two attached hydrogens (primary N) is 1. The van der Waals surface area contributed by atoms with Gasteiger partial charge in [-0.25, -0.2) is 4.79 Å². The number of aromatic amines is 3. The highest BCUT2D eigenvalue weighted by Gasteiger charge is 2.50. The van der Waals surface area contributed by atoms with Crippen LogP contribution in [0.15, 0.2) is 15.8 Å². The third-order valence-electron chi connectivity index (χ3n) is 3.79. The maximum Gasteiger partial charge on any atom is 0.326 e. The Balaban J connectivity index is 2.26. The van der Waals surface area contributed by atoms with Crippen molar-refractivity contribution >= 4 is 11.0 Å². The van der Waals surface area contributed by atoms with Crippen LogP contribution in [-0.4, -0.2) is 43.4 Å². The third kappa shape index (κ3) is 1.58. The molecule has 9 nitrogen and oxygen atoms in total. The Kier molecular flexibility index (Phi) is 2.63. The van der Waals surface area contributed by atoms with E-state index in [0.29, 0.717) is 5.56 Å². The van der Waals surface area contributed by atoms with E-state index in [4.69, 9.17) is 5.73 Å². The highest BCUT2D eigenvalue weighted by atomic mass is 16.3. The molecule has 3 rings (SSSR count). The molecule has 1 fully saturated rings. The van der Waals surface area contributed by atoms with Crippen LogP contribution in [0.2, 0.25) is 0 Å². The molecule has 8 N–H and O–H groups in total. The zero-order valence-electron chi connectivity index (χ0n) is 10.6. The second kappa shape index (κ2) is 4.03. The van der Waals surface area contributed by atoms with Crippen molar-refractivity contribution in [3.8, 4) is 0 Å². The minimum atomic E-state index is -1.46. The average molecular weight is 281 g/mol. The van der Waals surface area contributed by atoms with Crippen molar-refractivity contribution in [3.05, 3.63) is 32.6 Å². The normalized spacial score (nSPS) is 33.9. The Morgan fingerprint density at radius 3 is 2.55 bits per heavy atom. The summed E-state index contributed by atoms with van der Waals surface area (Å²) in [5.74, 6) is 0. The van der Waals surface area contributed by atoms with Crippen LogP contribution >= 0.6 is 0 Å². The summed E-state index contributed by atoms with van der Waals surface area (Å²) in [6.07, 6.45) is -0.908. The summed E-state index contributed by atoms with van der Waals surface area (Å²) in [7, 11) is 0. The summed E-state index contributed by atoms with van der Waals surface area (Å²) in [4.78, 5) is 30.3. The van der Waals surface area contributed by atoms with Crippen molar-refractivity contribution < 1.29 is 10.2 Å². The zero-order chi connectivity index (χ0) is 14.7. The summed E-state index contributed by atoms with van der Waals surface area (Å²) in [6, 6.07) is -0.436. The number of aliphatic hydroxyl groups is 2. The van der Waals surface area contributed by atoms with Crippen LogP contribution in [0.5, 0.6) is 0 Å². The van der Waals surface area contributed by atoms with E-state index < -0.39 is 35.2 Å². The first-order valence-electron chi connectivity index (χ1n) is 6.11. The van der Waals surface area contributed by atoms with Gasteiger partial charge in [-0.2, -0.15) is 0 Å². The topological polar surface area (TPSA) is 160 Å². The first-order valence-corrected chi connectivity index (χ1v) is 6.11. The fraction of sp³-hybridized carbons (Fsp3) is 0.455. The predicted molar refractivity (Wildman–Crippen MR) is 70.0 cm³/mol. The summed E-state index contributed by atoms with van der Waals surface area (Å²) in [5, 5.41) is 22.9. The molecule has 9 heteroatoms. The number of H-pyrrole nitrogens is 3. The lowest BCUT2D eigenvalue weighted by molar-refractivity contribution is 0.00525. The second-order valence-corrected chi connectivity index (χ2v) is 5.10. The molecule has 1 aliphatic heterocycles. The van der Waals surface area contributed by atoms with E-state index in [-0.39, 0.29) is 11.0 Å². The first-order chi connectivity index (χ1) is 9.34. The molecule has 20 heavy (non-hydrogen) atoms. The molecule has 0 aromatic carbocycles. The van der Waals surface area contributed by atoms with E-state index in [0.717, 1.165) is 0 Å². The Bertz CT molecular complexity index is 777. The molecule has 0 unspecified atom stereocenters. The predicted octanol–water partition coefficient (Wildman–Crippen LogP) is -2.63. The summed E-state index contributed by atoms with van der Waals surface area (Å²) in [5.41, 5.74) is 4.08. The monoisotopic (exact) mass is 281 g/mol. The number of aliphatic hydroxyl groups excluding tert-OH is 2. The lowest BCUT2D eigenvalue weighted by Crippen LogP contribution is -2.54. The van der Waals surface area contributed by atoms with Gasteiger partial charge in [0.25, 0.3) is 5.56 Å². The maximum absolute atomic E-state index is 11.7. The molecule has 3 heterocycles. The van der Waals surface area contributed by atoms with E-state index in [1.54, 1.807) is 6.92 Å². The van der Waals surface area contributed by atoms with Crippen molar-refractivity contribution in [1.82, 2.24) is 20.3 Å². The van der Waals surface area contributed by atoms with Crippen LogP contribution in [0.1, 0.15) is 12.5 Å². The second-order valence-electron chi connectivity index (χ2n) is 5.10. The van der Waals surface area contributed by atoms with Gasteiger partial charge in [0, 0.05) is 17.8 Å². The van der Waals surface area contributed by atoms with Crippen molar-refractivity contribution in [2.45, 2.75) is 30.8 Å². The van der Waals surface area contributed by atoms with Gasteiger partial charge < -0.3 is 25.9 Å². The van der Waals surface area contributed by atoms with Crippen LogP contribution in [0, 0.1) is 0 Å². The van der Waals surface area contributed by atoms with E-state index in [1.807, 2.05) is 0 Å². The van der Waals surface area contributed by atoms with Gasteiger partial charge in [0.05, 0.1) is 11.6 Å². The third-order valence-corrected chi connectivity index (χ3v) is 3.79. The van der Waals surface area contributed by atoms with E-state index in [1.165, 1.54) is 6.20 Å². The summed E-state index contributed by atoms with van der Waals surface area (Å²) < 4.78 is 0. The highest BCUT2D eigenvalue weighted by Crippen LogP contribution is 2.32. The van der Waals surface area contributed by atoms with Crippen molar-refractivity contribution in [3.63, 3.8) is 0 Å². The Hall–Kier alpha value is -1.94. The Morgan fingerprint density at radius 2 is 1.95 bits per heavy atom. The van der Waals surface area contributed by atoms with Crippen LogP contribution in [0.25, 0.3) is 11.0 Å². The molecule has 0 aliphatic carbocycles. The van der Waals surface area contributed by atoms with Crippen molar-refractivity contribution in [2.75, 3.05) is 0 Å². The molecule has 2 aromatic heterocycles. The molecule has 1 saturated heterocycles. The number of fused-ring (bicyclic) bond motifs is 1. The Morgan fingerprint density at radius 1 is 1.25 bits per heavy atom.